The molecule has 5 rings (SSSR count). The van der Waals surface area contributed by atoms with Crippen molar-refractivity contribution in [2.45, 2.75) is 246 Å². The van der Waals surface area contributed by atoms with Crippen molar-refractivity contribution in [3.63, 3.8) is 0 Å². The molecule has 2 fully saturated rings. The Bertz CT molecular complexity index is 2210. The summed E-state index contributed by atoms with van der Waals surface area (Å²) >= 11 is 0. The van der Waals surface area contributed by atoms with E-state index in [9.17, 15) is 24.6 Å². The molecule has 0 unspecified atom stereocenters. The number of benzene rings is 3. The van der Waals surface area contributed by atoms with Gasteiger partial charge >= 0.3 is 17.9 Å². The van der Waals surface area contributed by atoms with Gasteiger partial charge in [-0.2, -0.15) is 0 Å². The van der Waals surface area contributed by atoms with Crippen LogP contribution < -0.4 is 5.32 Å². The summed E-state index contributed by atoms with van der Waals surface area (Å²) in [6.45, 7) is 43.2. The first-order valence-corrected chi connectivity index (χ1v) is 26.1. The Morgan fingerprint density at radius 3 is 1.31 bits per heavy atom. The Morgan fingerprint density at radius 1 is 0.563 bits per heavy atom. The maximum atomic E-state index is 13.2. The smallest absolute Gasteiger partial charge is 0.338 e. The Labute approximate surface area is 429 Å². The van der Waals surface area contributed by atoms with Gasteiger partial charge in [0.15, 0.2) is 0 Å². The normalized spacial score (nSPS) is 18.5. The van der Waals surface area contributed by atoms with Gasteiger partial charge in [-0.1, -0.05) is 126 Å². The average molecular weight is 983 g/mol. The lowest BCUT2D eigenvalue weighted by Crippen LogP contribution is -2.63. The highest BCUT2D eigenvalue weighted by Gasteiger charge is 2.46. The number of nitrogens with one attached hydrogen (secondary N) is 1. The molecule has 2 aliphatic heterocycles. The number of nitrogens with zero attached hydrogens (tertiary/aromatic N) is 1. The first kappa shape index (κ1) is 59.2. The zero-order valence-corrected chi connectivity index (χ0v) is 47.7. The highest BCUT2D eigenvalue weighted by atomic mass is 16.5. The molecule has 3 aromatic rings. The van der Waals surface area contributed by atoms with Gasteiger partial charge in [-0.3, -0.25) is 14.5 Å². The highest BCUT2D eigenvalue weighted by molar-refractivity contribution is 5.89. The number of ether oxygens (including phenoxy) is 3. The van der Waals surface area contributed by atoms with Gasteiger partial charge in [0.25, 0.3) is 0 Å². The molecule has 10 nitrogen and oxygen atoms in total. The summed E-state index contributed by atoms with van der Waals surface area (Å²) < 4.78 is 17.6. The summed E-state index contributed by atoms with van der Waals surface area (Å²) in [7, 11) is 0. The van der Waals surface area contributed by atoms with Crippen LogP contribution in [0.1, 0.15) is 221 Å². The third-order valence-electron chi connectivity index (χ3n) is 14.0. The molecule has 3 N–H and O–H groups in total. The second kappa shape index (κ2) is 22.0. The molecule has 0 aliphatic carbocycles. The lowest BCUT2D eigenvalue weighted by molar-refractivity contribution is -0.163. The number of likely N-dealkylation sites (tertiary alicyclic amines) is 1. The molecule has 0 bridgehead atoms. The summed E-state index contributed by atoms with van der Waals surface area (Å²) in [5.74, 6) is 0.0167. The minimum absolute atomic E-state index is 0.0105. The molecule has 0 saturated carbocycles. The van der Waals surface area contributed by atoms with Crippen molar-refractivity contribution in [1.82, 2.24) is 10.2 Å². The van der Waals surface area contributed by atoms with Crippen molar-refractivity contribution in [1.29, 1.82) is 0 Å². The Morgan fingerprint density at radius 2 is 0.930 bits per heavy atom. The molecule has 0 aromatic heterocycles. The fourth-order valence-electron chi connectivity index (χ4n) is 11.0. The average Bonchev–Trinajstić information content (AvgIpc) is 3.18. The first-order chi connectivity index (χ1) is 32.2. The minimum atomic E-state index is -0.280. The number of hydrogen-bond acceptors (Lipinski definition) is 10. The zero-order chi connectivity index (χ0) is 53.9. The van der Waals surface area contributed by atoms with Gasteiger partial charge < -0.3 is 29.7 Å². The van der Waals surface area contributed by atoms with Crippen molar-refractivity contribution in [2.75, 3.05) is 13.2 Å². The molecule has 3 aromatic carbocycles. The number of carbonyl (C=O) groups excluding carboxylic acids is 3. The predicted octanol–water partition coefficient (Wildman–Crippen LogP) is 13.1. The van der Waals surface area contributed by atoms with Crippen LogP contribution in [0, 0.1) is 0 Å². The number of phenolic OH excluding ortho intramolecular Hbond substituents is 2. The van der Waals surface area contributed by atoms with E-state index in [2.05, 4.69) is 149 Å². The monoisotopic (exact) mass is 983 g/mol. The van der Waals surface area contributed by atoms with Crippen LogP contribution in [0.4, 0.5) is 0 Å². The second-order valence-corrected chi connectivity index (χ2v) is 27.3. The lowest BCUT2D eigenvalue weighted by Gasteiger charge is -2.54. The maximum absolute atomic E-state index is 13.2. The summed E-state index contributed by atoms with van der Waals surface area (Å²) in [5.41, 5.74) is 4.75. The van der Waals surface area contributed by atoms with E-state index in [1.54, 1.807) is 12.1 Å². The third-order valence-corrected chi connectivity index (χ3v) is 14.0. The van der Waals surface area contributed by atoms with Crippen molar-refractivity contribution in [3.05, 3.63) is 93.5 Å². The molecule has 0 radical (unpaired) electrons. The van der Waals surface area contributed by atoms with Gasteiger partial charge in [0.2, 0.25) is 0 Å². The predicted molar refractivity (Wildman–Crippen MR) is 289 cm³/mol. The van der Waals surface area contributed by atoms with Crippen molar-refractivity contribution >= 4 is 17.9 Å². The number of esters is 3. The number of piperidine rings is 2. The molecule has 0 amide bonds. The largest absolute Gasteiger partial charge is 0.507 e. The molecular weight excluding hydrogens is 889 g/mol. The molecule has 71 heavy (non-hydrogen) atoms. The number of hydrogen-bond donors (Lipinski definition) is 3. The fourth-order valence-corrected chi connectivity index (χ4v) is 11.0. The first-order valence-electron chi connectivity index (χ1n) is 26.1. The van der Waals surface area contributed by atoms with Crippen LogP contribution >= 0.6 is 0 Å². The van der Waals surface area contributed by atoms with E-state index in [0.717, 1.165) is 46.2 Å². The number of carbonyl (C=O) groups is 3. The standard InChI is InChI=1S/C45H71NO6.C16H23NO2/c1-40(2,3)32-23-29(24-33(38(32)49)41(4,5)6)17-19-36(47)51-22-21-46-44(13,14)27-31(28-45(46,15)16)52-37(48)20-18-30-25-34(42(7,8)9)39(50)35(26-30)43(10,11)12;1-15(2)10-13(11-16(3,4)17-15)19-14(18)12-8-6-5-7-9-12/h23-26,31,49-50H,17-22,27-28H2,1-16H3;5-9,13,17H,10-11H2,1-4H3. The van der Waals surface area contributed by atoms with Gasteiger partial charge in [0.1, 0.15) is 30.3 Å². The van der Waals surface area contributed by atoms with Gasteiger partial charge in [-0.15, -0.1) is 0 Å². The van der Waals surface area contributed by atoms with E-state index in [-0.39, 0.29) is 93.4 Å². The lowest BCUT2D eigenvalue weighted by atomic mass is 9.78. The van der Waals surface area contributed by atoms with Gasteiger partial charge in [-0.25, -0.2) is 4.79 Å². The van der Waals surface area contributed by atoms with Crippen molar-refractivity contribution in [2.24, 2.45) is 0 Å². The molecule has 2 heterocycles. The van der Waals surface area contributed by atoms with Crippen LogP contribution in [0.25, 0.3) is 0 Å². The number of aromatic hydroxyl groups is 2. The topological polar surface area (TPSA) is 135 Å². The van der Waals surface area contributed by atoms with E-state index in [1.165, 1.54) is 0 Å². The molecule has 0 spiro atoms. The van der Waals surface area contributed by atoms with Crippen LogP contribution in [0.3, 0.4) is 0 Å². The van der Waals surface area contributed by atoms with E-state index < -0.39 is 0 Å². The van der Waals surface area contributed by atoms with Crippen molar-refractivity contribution < 1.29 is 38.8 Å². The van der Waals surface area contributed by atoms with Crippen LogP contribution in [0.15, 0.2) is 54.6 Å². The molecule has 2 saturated heterocycles. The van der Waals surface area contributed by atoms with Gasteiger partial charge in [-0.05, 0) is 135 Å². The van der Waals surface area contributed by atoms with Crippen LogP contribution in [-0.2, 0) is 58.3 Å². The van der Waals surface area contributed by atoms with E-state index >= 15 is 0 Å². The minimum Gasteiger partial charge on any atom is -0.507 e. The molecular formula is C61H94N2O8. The highest BCUT2D eigenvalue weighted by Crippen LogP contribution is 2.43. The van der Waals surface area contributed by atoms with Gasteiger partial charge in [0, 0.05) is 67.2 Å². The molecule has 0 atom stereocenters. The van der Waals surface area contributed by atoms with E-state index in [1.807, 2.05) is 42.5 Å². The van der Waals surface area contributed by atoms with E-state index in [0.29, 0.717) is 49.3 Å². The van der Waals surface area contributed by atoms with Crippen LogP contribution in [-0.4, -0.2) is 80.5 Å². The van der Waals surface area contributed by atoms with E-state index in [4.69, 9.17) is 14.2 Å². The number of aryl methyl sites for hydroxylation is 2. The van der Waals surface area contributed by atoms with Crippen LogP contribution in [0.2, 0.25) is 0 Å². The SMILES string of the molecule is CC(C)(C)c1cc(CCC(=O)OCCN2C(C)(C)CC(OC(=O)CCc3cc(C(C)(C)C)c(O)c(C(C)(C)C)c3)CC2(C)C)cc(C(C)(C)C)c1O.CC1(C)CC(OC(=O)c2ccccc2)CC(C)(C)N1. The molecule has 2 aliphatic rings. The second-order valence-electron chi connectivity index (χ2n) is 27.3. The summed E-state index contributed by atoms with van der Waals surface area (Å²) in [6, 6.07) is 17.3. The maximum Gasteiger partial charge on any atom is 0.338 e. The van der Waals surface area contributed by atoms with Crippen LogP contribution in [0.5, 0.6) is 11.5 Å². The van der Waals surface area contributed by atoms with Gasteiger partial charge in [0.05, 0.1) is 5.56 Å². The summed E-state index contributed by atoms with van der Waals surface area (Å²) in [4.78, 5) is 40.6. The fraction of sp³-hybridized carbons (Fsp3) is 0.656. The number of phenols is 2. The molecule has 396 valence electrons. The Balaban J connectivity index is 0.000000478. The zero-order valence-electron chi connectivity index (χ0n) is 47.7. The third kappa shape index (κ3) is 16.8. The molecule has 10 heteroatoms. The Kier molecular flexibility index (Phi) is 18.3. The van der Waals surface area contributed by atoms with Crippen molar-refractivity contribution in [3.8, 4) is 11.5 Å². The number of rotatable bonds is 12. The summed E-state index contributed by atoms with van der Waals surface area (Å²) in [5, 5.41) is 25.7. The summed E-state index contributed by atoms with van der Waals surface area (Å²) in [6.07, 6.45) is 4.44. The quantitative estimate of drug-likeness (QED) is 0.119. The Hall–Kier alpha value is -4.41.